The van der Waals surface area contributed by atoms with E-state index in [1.54, 1.807) is 19.2 Å². The average Bonchev–Trinajstić information content (AvgIpc) is 2.17. The topological polar surface area (TPSA) is 41.1 Å². The molecule has 3 nitrogen and oxygen atoms in total. The van der Waals surface area contributed by atoms with E-state index >= 15 is 0 Å². The van der Waals surface area contributed by atoms with Gasteiger partial charge in [-0.15, -0.1) is 12.4 Å². The molecule has 84 valence electrons. The third-order valence-electron chi connectivity index (χ3n) is 1.74. The van der Waals surface area contributed by atoms with E-state index in [0.29, 0.717) is 18.1 Å². The lowest BCUT2D eigenvalue weighted by molar-refractivity contribution is -0.120. The van der Waals surface area contributed by atoms with Gasteiger partial charge in [0, 0.05) is 11.6 Å². The van der Waals surface area contributed by atoms with Crippen molar-refractivity contribution < 1.29 is 4.79 Å². The van der Waals surface area contributed by atoms with Crippen molar-refractivity contribution >= 4 is 29.9 Å². The molecule has 0 fully saturated rings. The summed E-state index contributed by atoms with van der Waals surface area (Å²) in [5.74, 6) is -0.0116. The highest BCUT2D eigenvalue weighted by molar-refractivity contribution is 6.30. The summed E-state index contributed by atoms with van der Waals surface area (Å²) in [6.07, 6.45) is 0. The van der Waals surface area contributed by atoms with Crippen molar-refractivity contribution in [1.82, 2.24) is 10.6 Å². The smallest absolute Gasteiger partial charge is 0.234 e. The first kappa shape index (κ1) is 14.2. The van der Waals surface area contributed by atoms with E-state index in [9.17, 15) is 4.79 Å². The molecule has 1 amide bonds. The van der Waals surface area contributed by atoms with E-state index < -0.39 is 0 Å². The number of hydrogen-bond acceptors (Lipinski definition) is 2. The molecule has 0 unspecified atom stereocenters. The fraction of sp³-hybridized carbons (Fsp3) is 0.300. The van der Waals surface area contributed by atoms with Crippen molar-refractivity contribution in [2.45, 2.75) is 6.54 Å². The Morgan fingerprint density at radius 2 is 1.93 bits per heavy atom. The second-order valence-electron chi connectivity index (χ2n) is 2.93. The van der Waals surface area contributed by atoms with Gasteiger partial charge >= 0.3 is 0 Å². The summed E-state index contributed by atoms with van der Waals surface area (Å²) >= 11 is 5.73. The zero-order valence-corrected chi connectivity index (χ0v) is 9.99. The molecule has 0 saturated heterocycles. The summed E-state index contributed by atoms with van der Waals surface area (Å²) in [6, 6.07) is 7.40. The van der Waals surface area contributed by atoms with E-state index in [-0.39, 0.29) is 18.3 Å². The zero-order chi connectivity index (χ0) is 10.4. The molecule has 0 aliphatic rings. The standard InChI is InChI=1S/C10H13ClN2O.ClH/c1-12-7-10(14)13-6-8-2-4-9(11)5-3-8;/h2-5,12H,6-7H2,1H3,(H,13,14);1H. The van der Waals surface area contributed by atoms with Crippen LogP contribution in [0.2, 0.25) is 5.02 Å². The van der Waals surface area contributed by atoms with Gasteiger partial charge in [-0.05, 0) is 24.7 Å². The molecule has 1 aromatic rings. The van der Waals surface area contributed by atoms with Crippen LogP contribution in [0.25, 0.3) is 0 Å². The maximum absolute atomic E-state index is 11.1. The summed E-state index contributed by atoms with van der Waals surface area (Å²) in [5, 5.41) is 6.26. The Bertz CT molecular complexity index is 301. The Morgan fingerprint density at radius 1 is 1.33 bits per heavy atom. The number of carbonyl (C=O) groups excluding carboxylic acids is 1. The lowest BCUT2D eigenvalue weighted by Gasteiger charge is -2.04. The fourth-order valence-electron chi connectivity index (χ4n) is 1.03. The number of hydrogen-bond donors (Lipinski definition) is 2. The molecule has 0 aromatic heterocycles. The van der Waals surface area contributed by atoms with Crippen LogP contribution in [0.5, 0.6) is 0 Å². The number of nitrogens with one attached hydrogen (secondary N) is 2. The molecular formula is C10H14Cl2N2O. The molecule has 15 heavy (non-hydrogen) atoms. The highest BCUT2D eigenvalue weighted by Crippen LogP contribution is 2.08. The molecule has 0 saturated carbocycles. The van der Waals surface area contributed by atoms with Crippen LogP contribution in [0.3, 0.4) is 0 Å². The van der Waals surface area contributed by atoms with Crippen LogP contribution in [-0.2, 0) is 11.3 Å². The lowest BCUT2D eigenvalue weighted by Crippen LogP contribution is -2.31. The van der Waals surface area contributed by atoms with Gasteiger partial charge in [0.25, 0.3) is 0 Å². The third kappa shape index (κ3) is 5.62. The second-order valence-corrected chi connectivity index (χ2v) is 3.37. The number of benzene rings is 1. The molecule has 0 aliphatic carbocycles. The van der Waals surface area contributed by atoms with Crippen LogP contribution in [0.1, 0.15) is 5.56 Å². The van der Waals surface area contributed by atoms with Gasteiger partial charge in [0.05, 0.1) is 6.54 Å². The number of likely N-dealkylation sites (N-methyl/N-ethyl adjacent to an activating group) is 1. The monoisotopic (exact) mass is 248 g/mol. The van der Waals surface area contributed by atoms with Crippen LogP contribution in [0.15, 0.2) is 24.3 Å². The van der Waals surface area contributed by atoms with Gasteiger partial charge in [0.1, 0.15) is 0 Å². The fourth-order valence-corrected chi connectivity index (χ4v) is 1.15. The van der Waals surface area contributed by atoms with Gasteiger partial charge in [-0.25, -0.2) is 0 Å². The Labute approximate surface area is 101 Å². The van der Waals surface area contributed by atoms with E-state index in [1.807, 2.05) is 12.1 Å². The molecule has 0 radical (unpaired) electrons. The van der Waals surface area contributed by atoms with Crippen molar-refractivity contribution in [1.29, 1.82) is 0 Å². The zero-order valence-electron chi connectivity index (χ0n) is 8.42. The highest BCUT2D eigenvalue weighted by Gasteiger charge is 1.98. The van der Waals surface area contributed by atoms with Gasteiger partial charge in [-0.1, -0.05) is 23.7 Å². The molecule has 0 aliphatic heterocycles. The minimum absolute atomic E-state index is 0. The Kier molecular flexibility index (Phi) is 7.13. The summed E-state index contributed by atoms with van der Waals surface area (Å²) in [4.78, 5) is 11.1. The summed E-state index contributed by atoms with van der Waals surface area (Å²) in [6.45, 7) is 0.880. The van der Waals surface area contributed by atoms with Gasteiger partial charge in [-0.2, -0.15) is 0 Å². The first-order chi connectivity index (χ1) is 6.72. The van der Waals surface area contributed by atoms with Gasteiger partial charge in [0.2, 0.25) is 5.91 Å². The predicted molar refractivity (Wildman–Crippen MR) is 64.5 cm³/mol. The number of halogens is 2. The number of rotatable bonds is 4. The maximum atomic E-state index is 11.1. The van der Waals surface area contributed by atoms with E-state index in [0.717, 1.165) is 5.56 Å². The van der Waals surface area contributed by atoms with Crippen molar-refractivity contribution in [2.24, 2.45) is 0 Å². The summed E-state index contributed by atoms with van der Waals surface area (Å²) < 4.78 is 0. The van der Waals surface area contributed by atoms with Crippen LogP contribution < -0.4 is 10.6 Å². The van der Waals surface area contributed by atoms with Gasteiger partial charge in [-0.3, -0.25) is 4.79 Å². The van der Waals surface area contributed by atoms with Crippen LogP contribution in [0.4, 0.5) is 0 Å². The van der Waals surface area contributed by atoms with Crippen molar-refractivity contribution in [3.05, 3.63) is 34.9 Å². The molecule has 0 spiro atoms. The quantitative estimate of drug-likeness (QED) is 0.850. The molecule has 0 heterocycles. The lowest BCUT2D eigenvalue weighted by atomic mass is 10.2. The first-order valence-corrected chi connectivity index (χ1v) is 4.76. The highest BCUT2D eigenvalue weighted by atomic mass is 35.5. The molecule has 1 rings (SSSR count). The molecular weight excluding hydrogens is 235 g/mol. The number of carbonyl (C=O) groups is 1. The Balaban J connectivity index is 0.00000196. The van der Waals surface area contributed by atoms with E-state index in [4.69, 9.17) is 11.6 Å². The van der Waals surface area contributed by atoms with Crippen LogP contribution >= 0.6 is 24.0 Å². The Hall–Kier alpha value is -0.770. The van der Waals surface area contributed by atoms with E-state index in [2.05, 4.69) is 10.6 Å². The largest absolute Gasteiger partial charge is 0.351 e. The predicted octanol–water partition coefficient (Wildman–Crippen LogP) is 1.60. The minimum atomic E-state index is -0.0116. The van der Waals surface area contributed by atoms with Gasteiger partial charge in [0.15, 0.2) is 0 Å². The molecule has 2 N–H and O–H groups in total. The third-order valence-corrected chi connectivity index (χ3v) is 1.99. The second kappa shape index (κ2) is 7.51. The molecule has 5 heteroatoms. The first-order valence-electron chi connectivity index (χ1n) is 4.38. The molecule has 0 atom stereocenters. The van der Waals surface area contributed by atoms with Crippen LogP contribution in [-0.4, -0.2) is 19.5 Å². The normalized spacial score (nSPS) is 9.20. The average molecular weight is 249 g/mol. The maximum Gasteiger partial charge on any atom is 0.234 e. The minimum Gasteiger partial charge on any atom is -0.351 e. The van der Waals surface area contributed by atoms with Gasteiger partial charge < -0.3 is 10.6 Å². The summed E-state index contributed by atoms with van der Waals surface area (Å²) in [5.41, 5.74) is 1.04. The Morgan fingerprint density at radius 3 is 2.47 bits per heavy atom. The van der Waals surface area contributed by atoms with Crippen molar-refractivity contribution in [2.75, 3.05) is 13.6 Å². The molecule has 0 bridgehead atoms. The SMILES string of the molecule is CNCC(=O)NCc1ccc(Cl)cc1.Cl. The van der Waals surface area contributed by atoms with Crippen molar-refractivity contribution in [3.8, 4) is 0 Å². The summed E-state index contributed by atoms with van der Waals surface area (Å²) in [7, 11) is 1.74. The van der Waals surface area contributed by atoms with E-state index in [1.165, 1.54) is 0 Å². The van der Waals surface area contributed by atoms with Crippen LogP contribution in [0, 0.1) is 0 Å². The van der Waals surface area contributed by atoms with Crippen molar-refractivity contribution in [3.63, 3.8) is 0 Å². The molecule has 1 aromatic carbocycles. The number of amides is 1.